The number of hydrogen-bond acceptors (Lipinski definition) is 2. The Balaban J connectivity index is 2.32. The highest BCUT2D eigenvalue weighted by Gasteiger charge is 2.36. The van der Waals surface area contributed by atoms with Gasteiger partial charge in [0.15, 0.2) is 6.29 Å². The summed E-state index contributed by atoms with van der Waals surface area (Å²) < 4.78 is 13.9. The van der Waals surface area contributed by atoms with Gasteiger partial charge in [-0.25, -0.2) is 4.39 Å². The molecule has 2 rings (SSSR count). The Kier molecular flexibility index (Phi) is 3.69. The third kappa shape index (κ3) is 2.14. The van der Waals surface area contributed by atoms with Crippen LogP contribution in [0.15, 0.2) is 18.2 Å². The Morgan fingerprint density at radius 1 is 1.39 bits per heavy atom. The minimum absolute atomic E-state index is 0.280. The smallest absolute Gasteiger partial charge is 0.152 e. The summed E-state index contributed by atoms with van der Waals surface area (Å²) in [5.41, 5.74) is 1.22. The standard InChI is InChI=1S/C15H20FNO/c1-3-15(4-2)8-9-17(11-15)14-12(10-18)6-5-7-13(14)16/h5-7,10H,3-4,8-9,11H2,1-2H3. The van der Waals surface area contributed by atoms with Crippen LogP contribution in [0.4, 0.5) is 10.1 Å². The van der Waals surface area contributed by atoms with E-state index in [1.165, 1.54) is 6.07 Å². The lowest BCUT2D eigenvalue weighted by Crippen LogP contribution is -2.27. The zero-order chi connectivity index (χ0) is 13.2. The predicted octanol–water partition coefficient (Wildman–Crippen LogP) is 3.65. The maximum atomic E-state index is 13.9. The van der Waals surface area contributed by atoms with Crippen LogP contribution in [0.2, 0.25) is 0 Å². The number of carbonyl (C=O) groups excluding carboxylic acids is 1. The zero-order valence-corrected chi connectivity index (χ0v) is 11.1. The average molecular weight is 249 g/mol. The largest absolute Gasteiger partial charge is 0.368 e. The van der Waals surface area contributed by atoms with Gasteiger partial charge in [0.05, 0.1) is 5.69 Å². The molecular weight excluding hydrogens is 229 g/mol. The van der Waals surface area contributed by atoms with Crippen LogP contribution in [0.3, 0.4) is 0 Å². The van der Waals surface area contributed by atoms with Crippen molar-refractivity contribution in [3.63, 3.8) is 0 Å². The number of nitrogens with zero attached hydrogens (tertiary/aromatic N) is 1. The van der Waals surface area contributed by atoms with Crippen LogP contribution in [-0.4, -0.2) is 19.4 Å². The van der Waals surface area contributed by atoms with Gasteiger partial charge in [-0.15, -0.1) is 0 Å². The van der Waals surface area contributed by atoms with E-state index in [0.717, 1.165) is 38.6 Å². The normalized spacial score (nSPS) is 18.1. The van der Waals surface area contributed by atoms with E-state index in [4.69, 9.17) is 0 Å². The number of anilines is 1. The van der Waals surface area contributed by atoms with Crippen LogP contribution in [0.1, 0.15) is 43.5 Å². The summed E-state index contributed by atoms with van der Waals surface area (Å²) in [7, 11) is 0. The Morgan fingerprint density at radius 2 is 2.11 bits per heavy atom. The molecule has 1 aromatic rings. The molecule has 0 spiro atoms. The Bertz CT molecular complexity index is 440. The lowest BCUT2D eigenvalue weighted by Gasteiger charge is -2.27. The van der Waals surface area contributed by atoms with Crippen LogP contribution >= 0.6 is 0 Å². The lowest BCUT2D eigenvalue weighted by atomic mass is 9.82. The Morgan fingerprint density at radius 3 is 2.67 bits per heavy atom. The maximum absolute atomic E-state index is 13.9. The van der Waals surface area contributed by atoms with E-state index in [9.17, 15) is 9.18 Å². The van der Waals surface area contributed by atoms with Gasteiger partial charge in [0.25, 0.3) is 0 Å². The van der Waals surface area contributed by atoms with Crippen molar-refractivity contribution in [2.24, 2.45) is 5.41 Å². The summed E-state index contributed by atoms with van der Waals surface area (Å²) >= 11 is 0. The number of halogens is 1. The first-order valence-electron chi connectivity index (χ1n) is 6.64. The van der Waals surface area contributed by atoms with Crippen LogP contribution in [0.25, 0.3) is 0 Å². The summed E-state index contributed by atoms with van der Waals surface area (Å²) in [5.74, 6) is -0.289. The van der Waals surface area contributed by atoms with E-state index < -0.39 is 0 Å². The second-order valence-electron chi connectivity index (χ2n) is 5.17. The van der Waals surface area contributed by atoms with Crippen molar-refractivity contribution in [1.29, 1.82) is 0 Å². The van der Waals surface area contributed by atoms with E-state index in [2.05, 4.69) is 13.8 Å². The van der Waals surface area contributed by atoms with Crippen LogP contribution in [0, 0.1) is 11.2 Å². The minimum Gasteiger partial charge on any atom is -0.368 e. The van der Waals surface area contributed by atoms with E-state index in [0.29, 0.717) is 11.3 Å². The van der Waals surface area contributed by atoms with E-state index in [1.54, 1.807) is 12.1 Å². The quantitative estimate of drug-likeness (QED) is 0.759. The molecule has 0 amide bonds. The van der Waals surface area contributed by atoms with Gasteiger partial charge in [0.1, 0.15) is 5.82 Å². The van der Waals surface area contributed by atoms with E-state index in [-0.39, 0.29) is 11.2 Å². The molecule has 0 atom stereocenters. The fraction of sp³-hybridized carbons (Fsp3) is 0.533. The minimum atomic E-state index is -0.289. The van der Waals surface area contributed by atoms with Crippen LogP contribution in [-0.2, 0) is 0 Å². The van der Waals surface area contributed by atoms with Crippen molar-refractivity contribution in [3.05, 3.63) is 29.6 Å². The van der Waals surface area contributed by atoms with Crippen molar-refractivity contribution in [2.45, 2.75) is 33.1 Å². The summed E-state index contributed by atoms with van der Waals surface area (Å²) in [4.78, 5) is 13.1. The first-order valence-corrected chi connectivity index (χ1v) is 6.64. The molecule has 3 heteroatoms. The lowest BCUT2D eigenvalue weighted by molar-refractivity contribution is 0.112. The topological polar surface area (TPSA) is 20.3 Å². The third-order valence-corrected chi connectivity index (χ3v) is 4.40. The zero-order valence-electron chi connectivity index (χ0n) is 11.1. The van der Waals surface area contributed by atoms with Gasteiger partial charge in [0.2, 0.25) is 0 Å². The number of benzene rings is 1. The molecule has 2 nitrogen and oxygen atoms in total. The molecule has 18 heavy (non-hydrogen) atoms. The molecule has 0 unspecified atom stereocenters. The molecule has 0 aromatic heterocycles. The SMILES string of the molecule is CCC1(CC)CCN(c2c(F)cccc2C=O)C1. The van der Waals surface area contributed by atoms with Gasteiger partial charge in [-0.3, -0.25) is 4.79 Å². The molecule has 0 saturated carbocycles. The van der Waals surface area contributed by atoms with E-state index in [1.807, 2.05) is 4.90 Å². The van der Waals surface area contributed by atoms with Gasteiger partial charge < -0.3 is 4.90 Å². The van der Waals surface area contributed by atoms with Gasteiger partial charge in [-0.1, -0.05) is 19.9 Å². The van der Waals surface area contributed by atoms with Crippen LogP contribution in [0.5, 0.6) is 0 Å². The summed E-state index contributed by atoms with van der Waals surface area (Å²) in [6.07, 6.45) is 4.03. The number of rotatable bonds is 4. The van der Waals surface area contributed by atoms with Crippen molar-refractivity contribution >= 4 is 12.0 Å². The highest BCUT2D eigenvalue weighted by molar-refractivity contribution is 5.85. The van der Waals surface area contributed by atoms with Crippen molar-refractivity contribution in [3.8, 4) is 0 Å². The van der Waals surface area contributed by atoms with Gasteiger partial charge in [-0.2, -0.15) is 0 Å². The number of aldehydes is 1. The Hall–Kier alpha value is -1.38. The Labute approximate surface area is 108 Å². The molecule has 1 aliphatic rings. The first-order chi connectivity index (χ1) is 8.65. The van der Waals surface area contributed by atoms with Gasteiger partial charge in [-0.05, 0) is 36.8 Å². The fourth-order valence-electron chi connectivity index (χ4n) is 2.91. The fourth-order valence-corrected chi connectivity index (χ4v) is 2.91. The molecule has 1 fully saturated rings. The van der Waals surface area contributed by atoms with Gasteiger partial charge in [0, 0.05) is 18.7 Å². The molecule has 1 aromatic carbocycles. The van der Waals surface area contributed by atoms with Crippen molar-refractivity contribution in [1.82, 2.24) is 0 Å². The second kappa shape index (κ2) is 5.09. The molecule has 98 valence electrons. The molecule has 0 aliphatic carbocycles. The molecule has 0 bridgehead atoms. The summed E-state index contributed by atoms with van der Waals surface area (Å²) in [6.45, 7) is 6.06. The molecule has 0 N–H and O–H groups in total. The number of para-hydroxylation sites is 1. The summed E-state index contributed by atoms with van der Waals surface area (Å²) in [5, 5.41) is 0. The molecule has 1 saturated heterocycles. The second-order valence-corrected chi connectivity index (χ2v) is 5.17. The highest BCUT2D eigenvalue weighted by atomic mass is 19.1. The van der Waals surface area contributed by atoms with Crippen molar-refractivity contribution < 1.29 is 9.18 Å². The van der Waals surface area contributed by atoms with E-state index >= 15 is 0 Å². The number of carbonyl (C=O) groups is 1. The molecule has 1 heterocycles. The third-order valence-electron chi connectivity index (χ3n) is 4.40. The number of hydrogen-bond donors (Lipinski definition) is 0. The van der Waals surface area contributed by atoms with Crippen LogP contribution < -0.4 is 4.90 Å². The summed E-state index contributed by atoms with van der Waals surface area (Å²) in [6, 6.07) is 4.70. The monoisotopic (exact) mass is 249 g/mol. The maximum Gasteiger partial charge on any atom is 0.152 e. The molecule has 0 radical (unpaired) electrons. The molecule has 1 aliphatic heterocycles. The van der Waals surface area contributed by atoms with Gasteiger partial charge >= 0.3 is 0 Å². The van der Waals surface area contributed by atoms with Crippen molar-refractivity contribution in [2.75, 3.05) is 18.0 Å². The first kappa shape index (κ1) is 13.1. The highest BCUT2D eigenvalue weighted by Crippen LogP contribution is 2.40. The predicted molar refractivity (Wildman–Crippen MR) is 71.6 cm³/mol. The molecular formula is C15H20FNO. The average Bonchev–Trinajstić information content (AvgIpc) is 2.83.